The second-order valence-corrected chi connectivity index (χ2v) is 5.62. The standard InChI is InChI=1S/C13H27N3O/c1-5-8-13(2,14)12(17)16(4)11-6-9-15(3)10-7-11/h11H,5-10,14H2,1-4H3. The number of hydrogen-bond donors (Lipinski definition) is 1. The Balaban J connectivity index is 2.57. The Bertz CT molecular complexity index is 257. The smallest absolute Gasteiger partial charge is 0.242 e. The third-order valence-electron chi connectivity index (χ3n) is 3.81. The summed E-state index contributed by atoms with van der Waals surface area (Å²) in [6.07, 6.45) is 3.81. The Morgan fingerprint density at radius 1 is 1.47 bits per heavy atom. The van der Waals surface area contributed by atoms with Crippen LogP contribution in [0.25, 0.3) is 0 Å². The van der Waals surface area contributed by atoms with Crippen molar-refractivity contribution in [3.63, 3.8) is 0 Å². The van der Waals surface area contributed by atoms with E-state index in [0.29, 0.717) is 6.04 Å². The lowest BCUT2D eigenvalue weighted by atomic mass is 9.94. The van der Waals surface area contributed by atoms with Crippen LogP contribution in [-0.2, 0) is 4.79 Å². The largest absolute Gasteiger partial charge is 0.341 e. The predicted octanol–water partition coefficient (Wildman–Crippen LogP) is 1.06. The maximum absolute atomic E-state index is 12.3. The highest BCUT2D eigenvalue weighted by molar-refractivity contribution is 5.85. The van der Waals surface area contributed by atoms with Crippen LogP contribution < -0.4 is 5.73 Å². The van der Waals surface area contributed by atoms with Crippen LogP contribution in [-0.4, -0.2) is 54.5 Å². The van der Waals surface area contributed by atoms with Gasteiger partial charge in [0.15, 0.2) is 0 Å². The van der Waals surface area contributed by atoms with Gasteiger partial charge in [0.1, 0.15) is 0 Å². The predicted molar refractivity (Wildman–Crippen MR) is 70.8 cm³/mol. The van der Waals surface area contributed by atoms with Crippen molar-refractivity contribution in [2.75, 3.05) is 27.2 Å². The molecule has 1 amide bonds. The first-order valence-electron chi connectivity index (χ1n) is 6.63. The summed E-state index contributed by atoms with van der Waals surface area (Å²) in [7, 11) is 4.03. The van der Waals surface area contributed by atoms with Crippen molar-refractivity contribution in [3.8, 4) is 0 Å². The zero-order valence-corrected chi connectivity index (χ0v) is 11.7. The molecule has 0 aromatic rings. The van der Waals surface area contributed by atoms with Crippen molar-refractivity contribution in [1.82, 2.24) is 9.80 Å². The van der Waals surface area contributed by atoms with E-state index in [1.165, 1.54) is 0 Å². The average Bonchev–Trinajstić information content (AvgIpc) is 2.28. The van der Waals surface area contributed by atoms with Crippen LogP contribution in [0.5, 0.6) is 0 Å². The Morgan fingerprint density at radius 2 is 2.00 bits per heavy atom. The second kappa shape index (κ2) is 5.83. The molecule has 0 spiro atoms. The van der Waals surface area contributed by atoms with Crippen molar-refractivity contribution >= 4 is 5.91 Å². The quantitative estimate of drug-likeness (QED) is 0.800. The molecule has 0 saturated carbocycles. The molecule has 100 valence electrons. The monoisotopic (exact) mass is 241 g/mol. The summed E-state index contributed by atoms with van der Waals surface area (Å²) in [6, 6.07) is 0.360. The molecule has 0 aromatic carbocycles. The van der Waals surface area contributed by atoms with E-state index in [1.54, 1.807) is 0 Å². The fourth-order valence-corrected chi connectivity index (χ4v) is 2.58. The van der Waals surface area contributed by atoms with E-state index in [9.17, 15) is 4.79 Å². The van der Waals surface area contributed by atoms with Crippen molar-refractivity contribution in [2.24, 2.45) is 5.73 Å². The van der Waals surface area contributed by atoms with Crippen LogP contribution in [0.3, 0.4) is 0 Å². The maximum atomic E-state index is 12.3. The molecule has 0 radical (unpaired) electrons. The first-order valence-corrected chi connectivity index (χ1v) is 6.63. The average molecular weight is 241 g/mol. The summed E-state index contributed by atoms with van der Waals surface area (Å²) in [5.74, 6) is 0.0916. The number of hydrogen-bond acceptors (Lipinski definition) is 3. The van der Waals surface area contributed by atoms with Gasteiger partial charge in [0.05, 0.1) is 5.54 Å². The second-order valence-electron chi connectivity index (χ2n) is 5.62. The Hall–Kier alpha value is -0.610. The molecule has 0 aromatic heterocycles. The summed E-state index contributed by atoms with van der Waals surface area (Å²) < 4.78 is 0. The van der Waals surface area contributed by atoms with Crippen LogP contribution in [0, 0.1) is 0 Å². The van der Waals surface area contributed by atoms with Crippen LogP contribution >= 0.6 is 0 Å². The molecule has 4 heteroatoms. The number of nitrogens with zero attached hydrogens (tertiary/aromatic N) is 2. The molecule has 17 heavy (non-hydrogen) atoms. The third-order valence-corrected chi connectivity index (χ3v) is 3.81. The Morgan fingerprint density at radius 3 is 2.47 bits per heavy atom. The van der Waals surface area contributed by atoms with Crippen LogP contribution in [0.4, 0.5) is 0 Å². The van der Waals surface area contributed by atoms with Gasteiger partial charge < -0.3 is 15.5 Å². The molecule has 1 atom stereocenters. The van der Waals surface area contributed by atoms with E-state index in [-0.39, 0.29) is 5.91 Å². The van der Waals surface area contributed by atoms with E-state index in [1.807, 2.05) is 18.9 Å². The normalized spacial score (nSPS) is 22.2. The van der Waals surface area contributed by atoms with Gasteiger partial charge in [-0.25, -0.2) is 0 Å². The highest BCUT2D eigenvalue weighted by Crippen LogP contribution is 2.19. The number of nitrogens with two attached hydrogens (primary N) is 1. The van der Waals surface area contributed by atoms with Gasteiger partial charge in [-0.3, -0.25) is 4.79 Å². The molecule has 1 fully saturated rings. The lowest BCUT2D eigenvalue weighted by Crippen LogP contribution is -2.56. The molecule has 1 aliphatic heterocycles. The van der Waals surface area contributed by atoms with Gasteiger partial charge in [-0.2, -0.15) is 0 Å². The number of carbonyl (C=O) groups excluding carboxylic acids is 1. The van der Waals surface area contributed by atoms with Gasteiger partial charge in [-0.05, 0) is 46.3 Å². The van der Waals surface area contributed by atoms with Gasteiger partial charge in [-0.1, -0.05) is 13.3 Å². The summed E-state index contributed by atoms with van der Waals surface area (Å²) in [5, 5.41) is 0. The first kappa shape index (κ1) is 14.5. The highest BCUT2D eigenvalue weighted by Gasteiger charge is 2.34. The van der Waals surface area contributed by atoms with E-state index < -0.39 is 5.54 Å². The highest BCUT2D eigenvalue weighted by atomic mass is 16.2. The molecular formula is C13H27N3O. The molecule has 4 nitrogen and oxygen atoms in total. The Labute approximate surface area is 105 Å². The molecular weight excluding hydrogens is 214 g/mol. The SMILES string of the molecule is CCCC(C)(N)C(=O)N(C)C1CCN(C)CC1. The van der Waals surface area contributed by atoms with E-state index in [0.717, 1.165) is 38.8 Å². The molecule has 2 N–H and O–H groups in total. The minimum absolute atomic E-state index is 0.0916. The minimum atomic E-state index is -0.702. The summed E-state index contributed by atoms with van der Waals surface area (Å²) >= 11 is 0. The zero-order chi connectivity index (χ0) is 13.1. The van der Waals surface area contributed by atoms with Crippen LogP contribution in [0.15, 0.2) is 0 Å². The molecule has 0 aliphatic carbocycles. The lowest BCUT2D eigenvalue weighted by Gasteiger charge is -2.38. The zero-order valence-electron chi connectivity index (χ0n) is 11.7. The van der Waals surface area contributed by atoms with E-state index in [2.05, 4.69) is 18.9 Å². The number of carbonyl (C=O) groups is 1. The topological polar surface area (TPSA) is 49.6 Å². The third kappa shape index (κ3) is 3.68. The summed E-state index contributed by atoms with van der Waals surface area (Å²) in [6.45, 7) is 6.05. The lowest BCUT2D eigenvalue weighted by molar-refractivity contribution is -0.138. The van der Waals surface area contributed by atoms with Gasteiger partial charge in [0, 0.05) is 13.1 Å². The number of amides is 1. The number of likely N-dealkylation sites (tertiary alicyclic amines) is 1. The summed E-state index contributed by atoms with van der Waals surface area (Å²) in [5.41, 5.74) is 5.40. The van der Waals surface area contributed by atoms with Gasteiger partial charge in [0.2, 0.25) is 5.91 Å². The number of piperidine rings is 1. The molecule has 1 unspecified atom stereocenters. The first-order chi connectivity index (χ1) is 7.88. The van der Waals surface area contributed by atoms with Crippen molar-refractivity contribution < 1.29 is 4.79 Å². The van der Waals surface area contributed by atoms with E-state index >= 15 is 0 Å². The minimum Gasteiger partial charge on any atom is -0.341 e. The van der Waals surface area contributed by atoms with Gasteiger partial charge >= 0.3 is 0 Å². The fourth-order valence-electron chi connectivity index (χ4n) is 2.58. The van der Waals surface area contributed by atoms with Crippen LogP contribution in [0.1, 0.15) is 39.5 Å². The van der Waals surface area contributed by atoms with Crippen molar-refractivity contribution in [2.45, 2.75) is 51.1 Å². The van der Waals surface area contributed by atoms with Crippen molar-refractivity contribution in [3.05, 3.63) is 0 Å². The fraction of sp³-hybridized carbons (Fsp3) is 0.923. The summed E-state index contributed by atoms with van der Waals surface area (Å²) in [4.78, 5) is 16.5. The van der Waals surface area contributed by atoms with Crippen molar-refractivity contribution in [1.29, 1.82) is 0 Å². The molecule has 1 rings (SSSR count). The van der Waals surface area contributed by atoms with Gasteiger partial charge in [-0.15, -0.1) is 0 Å². The number of rotatable bonds is 4. The van der Waals surface area contributed by atoms with Gasteiger partial charge in [0.25, 0.3) is 0 Å². The molecule has 1 heterocycles. The molecule has 1 saturated heterocycles. The maximum Gasteiger partial charge on any atom is 0.242 e. The molecule has 1 aliphatic rings. The molecule has 0 bridgehead atoms. The van der Waals surface area contributed by atoms with E-state index in [4.69, 9.17) is 5.73 Å². The Kier molecular flexibility index (Phi) is 4.95. The van der Waals surface area contributed by atoms with Crippen LogP contribution in [0.2, 0.25) is 0 Å². The number of likely N-dealkylation sites (N-methyl/N-ethyl adjacent to an activating group) is 1.